The highest BCUT2D eigenvalue weighted by Crippen LogP contribution is 2.09. The Balaban J connectivity index is 1.42. The Morgan fingerprint density at radius 1 is 0.920 bits per heavy atom. The molecule has 1 fully saturated rings. The number of aromatic nitrogens is 1. The Morgan fingerprint density at radius 2 is 1.76 bits per heavy atom. The van der Waals surface area contributed by atoms with Gasteiger partial charge in [-0.05, 0) is 37.1 Å². The number of pyridine rings is 1. The van der Waals surface area contributed by atoms with Gasteiger partial charge in [0.2, 0.25) is 5.91 Å². The SMILES string of the molecule is O=C(CCc1ccccc1)N1CCCN(CCc2ccccn2)CC1. The molecule has 0 N–H and O–H groups in total. The summed E-state index contributed by atoms with van der Waals surface area (Å²) in [5, 5.41) is 0. The Kier molecular flexibility index (Phi) is 6.57. The van der Waals surface area contributed by atoms with Crippen molar-refractivity contribution in [3.05, 3.63) is 66.0 Å². The van der Waals surface area contributed by atoms with Crippen molar-refractivity contribution in [3.8, 4) is 0 Å². The van der Waals surface area contributed by atoms with Gasteiger partial charge in [0.25, 0.3) is 0 Å². The molecule has 4 heteroatoms. The summed E-state index contributed by atoms with van der Waals surface area (Å²) in [4.78, 5) is 21.4. The zero-order valence-corrected chi connectivity index (χ0v) is 14.8. The smallest absolute Gasteiger partial charge is 0.222 e. The molecule has 0 bridgehead atoms. The van der Waals surface area contributed by atoms with Gasteiger partial charge in [-0.15, -0.1) is 0 Å². The fourth-order valence-corrected chi connectivity index (χ4v) is 3.32. The molecule has 1 amide bonds. The van der Waals surface area contributed by atoms with Crippen molar-refractivity contribution in [2.24, 2.45) is 0 Å². The van der Waals surface area contributed by atoms with Gasteiger partial charge in [0, 0.05) is 50.9 Å². The number of hydrogen-bond acceptors (Lipinski definition) is 3. The van der Waals surface area contributed by atoms with Crippen molar-refractivity contribution in [2.75, 3.05) is 32.7 Å². The number of benzene rings is 1. The van der Waals surface area contributed by atoms with Crippen molar-refractivity contribution in [3.63, 3.8) is 0 Å². The molecular weight excluding hydrogens is 310 g/mol. The lowest BCUT2D eigenvalue weighted by molar-refractivity contribution is -0.131. The van der Waals surface area contributed by atoms with Crippen LogP contribution in [0.4, 0.5) is 0 Å². The molecule has 4 nitrogen and oxygen atoms in total. The molecule has 2 aromatic rings. The van der Waals surface area contributed by atoms with Crippen molar-refractivity contribution in [2.45, 2.75) is 25.7 Å². The molecule has 132 valence electrons. The summed E-state index contributed by atoms with van der Waals surface area (Å²) in [5.41, 5.74) is 2.38. The van der Waals surface area contributed by atoms with Crippen molar-refractivity contribution in [1.82, 2.24) is 14.8 Å². The number of rotatable bonds is 6. The number of aryl methyl sites for hydroxylation is 1. The van der Waals surface area contributed by atoms with E-state index < -0.39 is 0 Å². The van der Waals surface area contributed by atoms with Crippen LogP contribution in [0.25, 0.3) is 0 Å². The average Bonchev–Trinajstić information content (AvgIpc) is 2.92. The van der Waals surface area contributed by atoms with Gasteiger partial charge >= 0.3 is 0 Å². The van der Waals surface area contributed by atoms with Crippen LogP contribution in [0.15, 0.2) is 54.7 Å². The average molecular weight is 337 g/mol. The monoisotopic (exact) mass is 337 g/mol. The lowest BCUT2D eigenvalue weighted by Crippen LogP contribution is -2.35. The molecular formula is C21H27N3O. The Morgan fingerprint density at radius 3 is 2.56 bits per heavy atom. The third kappa shape index (κ3) is 5.68. The molecule has 0 spiro atoms. The zero-order chi connectivity index (χ0) is 17.3. The van der Waals surface area contributed by atoms with E-state index in [4.69, 9.17) is 0 Å². The van der Waals surface area contributed by atoms with Crippen LogP contribution in [0.3, 0.4) is 0 Å². The molecule has 1 aromatic heterocycles. The second-order valence-corrected chi connectivity index (χ2v) is 6.63. The lowest BCUT2D eigenvalue weighted by atomic mass is 10.1. The summed E-state index contributed by atoms with van der Waals surface area (Å²) >= 11 is 0. The quantitative estimate of drug-likeness (QED) is 0.813. The van der Waals surface area contributed by atoms with Crippen LogP contribution in [0.1, 0.15) is 24.1 Å². The summed E-state index contributed by atoms with van der Waals surface area (Å²) in [7, 11) is 0. The maximum atomic E-state index is 12.5. The minimum atomic E-state index is 0.287. The molecule has 25 heavy (non-hydrogen) atoms. The molecule has 1 aromatic carbocycles. The largest absolute Gasteiger partial charge is 0.341 e. The molecule has 0 atom stereocenters. The molecule has 3 rings (SSSR count). The van der Waals surface area contributed by atoms with Crippen molar-refractivity contribution >= 4 is 5.91 Å². The summed E-state index contributed by atoms with van der Waals surface area (Å²) in [6, 6.07) is 16.3. The van der Waals surface area contributed by atoms with Gasteiger partial charge in [0.15, 0.2) is 0 Å². The van der Waals surface area contributed by atoms with Crippen molar-refractivity contribution < 1.29 is 4.79 Å². The lowest BCUT2D eigenvalue weighted by Gasteiger charge is -2.22. The second kappa shape index (κ2) is 9.33. The molecule has 2 heterocycles. The van der Waals surface area contributed by atoms with Crippen LogP contribution in [0, 0.1) is 0 Å². The second-order valence-electron chi connectivity index (χ2n) is 6.63. The van der Waals surface area contributed by atoms with Crippen LogP contribution in [-0.4, -0.2) is 53.4 Å². The van der Waals surface area contributed by atoms with Crippen molar-refractivity contribution in [1.29, 1.82) is 0 Å². The first kappa shape index (κ1) is 17.6. The number of carbonyl (C=O) groups excluding carboxylic acids is 1. The van der Waals surface area contributed by atoms with Crippen LogP contribution in [-0.2, 0) is 17.6 Å². The highest BCUT2D eigenvalue weighted by atomic mass is 16.2. The van der Waals surface area contributed by atoms with Gasteiger partial charge < -0.3 is 9.80 Å². The standard InChI is InChI=1S/C21H27N3O/c25-21(11-10-19-7-2-1-3-8-19)24-15-6-14-23(17-18-24)16-12-20-9-4-5-13-22-20/h1-5,7-9,13H,6,10-12,14-18H2. The van der Waals surface area contributed by atoms with Gasteiger partial charge in [-0.1, -0.05) is 36.4 Å². The van der Waals surface area contributed by atoms with E-state index in [0.717, 1.165) is 57.7 Å². The van der Waals surface area contributed by atoms with Crippen LogP contribution < -0.4 is 0 Å². The third-order valence-corrected chi connectivity index (χ3v) is 4.82. The highest BCUT2D eigenvalue weighted by molar-refractivity contribution is 5.76. The molecule has 1 aliphatic rings. The minimum Gasteiger partial charge on any atom is -0.341 e. The fraction of sp³-hybridized carbons (Fsp3) is 0.429. The topological polar surface area (TPSA) is 36.4 Å². The maximum absolute atomic E-state index is 12.5. The number of amides is 1. The first-order chi connectivity index (χ1) is 12.3. The summed E-state index contributed by atoms with van der Waals surface area (Å²) < 4.78 is 0. The van der Waals surface area contributed by atoms with E-state index in [1.165, 1.54) is 5.56 Å². The normalized spacial score (nSPS) is 15.8. The predicted octanol–water partition coefficient (Wildman–Crippen LogP) is 2.79. The van der Waals surface area contributed by atoms with E-state index in [9.17, 15) is 4.79 Å². The van der Waals surface area contributed by atoms with E-state index in [1.807, 2.05) is 41.4 Å². The maximum Gasteiger partial charge on any atom is 0.222 e. The molecule has 0 saturated carbocycles. The van der Waals surface area contributed by atoms with E-state index in [1.54, 1.807) is 0 Å². The van der Waals surface area contributed by atoms with Gasteiger partial charge in [-0.3, -0.25) is 9.78 Å². The zero-order valence-electron chi connectivity index (χ0n) is 14.8. The third-order valence-electron chi connectivity index (χ3n) is 4.82. The van der Waals surface area contributed by atoms with E-state index >= 15 is 0 Å². The summed E-state index contributed by atoms with van der Waals surface area (Å²) in [6.45, 7) is 4.77. The molecule has 0 aliphatic carbocycles. The first-order valence-corrected chi connectivity index (χ1v) is 9.25. The number of carbonyl (C=O) groups is 1. The van der Waals surface area contributed by atoms with Crippen LogP contribution in [0.2, 0.25) is 0 Å². The molecule has 0 unspecified atom stereocenters. The highest BCUT2D eigenvalue weighted by Gasteiger charge is 2.18. The van der Waals surface area contributed by atoms with Gasteiger partial charge in [-0.25, -0.2) is 0 Å². The van der Waals surface area contributed by atoms with Gasteiger partial charge in [0.05, 0.1) is 0 Å². The van der Waals surface area contributed by atoms with Crippen LogP contribution >= 0.6 is 0 Å². The Bertz CT molecular complexity index is 645. The summed E-state index contributed by atoms with van der Waals surface area (Å²) in [5.74, 6) is 0.287. The fourth-order valence-electron chi connectivity index (χ4n) is 3.32. The Hall–Kier alpha value is -2.20. The molecule has 0 radical (unpaired) electrons. The van der Waals surface area contributed by atoms with E-state index in [2.05, 4.69) is 28.1 Å². The van der Waals surface area contributed by atoms with Gasteiger partial charge in [-0.2, -0.15) is 0 Å². The minimum absolute atomic E-state index is 0.287. The molecule has 1 aliphatic heterocycles. The first-order valence-electron chi connectivity index (χ1n) is 9.25. The molecule has 1 saturated heterocycles. The predicted molar refractivity (Wildman–Crippen MR) is 100 cm³/mol. The van der Waals surface area contributed by atoms with Gasteiger partial charge in [0.1, 0.15) is 0 Å². The van der Waals surface area contributed by atoms with E-state index in [-0.39, 0.29) is 5.91 Å². The summed E-state index contributed by atoms with van der Waals surface area (Å²) in [6.07, 6.45) is 5.32. The van der Waals surface area contributed by atoms with E-state index in [0.29, 0.717) is 6.42 Å². The van der Waals surface area contributed by atoms with Crippen LogP contribution in [0.5, 0.6) is 0 Å². The number of nitrogens with zero attached hydrogens (tertiary/aromatic N) is 3. The number of hydrogen-bond donors (Lipinski definition) is 0. The Labute approximate surface area is 150 Å².